The minimum absolute atomic E-state index is 0.0784. The van der Waals surface area contributed by atoms with Crippen molar-refractivity contribution in [2.75, 3.05) is 25.1 Å². The number of aryl methyl sites for hydroxylation is 2. The number of rotatable bonds is 4. The summed E-state index contributed by atoms with van der Waals surface area (Å²) in [7, 11) is 1.81. The summed E-state index contributed by atoms with van der Waals surface area (Å²) in [5.74, 6) is 0.0784. The monoisotopic (exact) mass is 248 g/mol. The van der Waals surface area contributed by atoms with E-state index in [0.29, 0.717) is 13.0 Å². The van der Waals surface area contributed by atoms with Crippen LogP contribution in [0.3, 0.4) is 0 Å². The molecule has 98 valence electrons. The summed E-state index contributed by atoms with van der Waals surface area (Å²) in [5, 5.41) is 12.0. The van der Waals surface area contributed by atoms with Gasteiger partial charge in [0.25, 0.3) is 0 Å². The predicted octanol–water partition coefficient (Wildman–Crippen LogP) is 1.29. The van der Waals surface area contributed by atoms with Crippen molar-refractivity contribution < 1.29 is 9.90 Å². The molecule has 1 aromatic rings. The topological polar surface area (TPSA) is 52.6 Å². The van der Waals surface area contributed by atoms with E-state index in [-0.39, 0.29) is 18.6 Å². The van der Waals surface area contributed by atoms with Crippen molar-refractivity contribution in [3.63, 3.8) is 0 Å². The van der Waals surface area contributed by atoms with Crippen LogP contribution in [-0.2, 0) is 4.79 Å². The maximum absolute atomic E-state index is 12.3. The first-order valence-electron chi connectivity index (χ1n) is 6.30. The lowest BCUT2D eigenvalue weighted by Gasteiger charge is -2.17. The molecule has 0 fully saturated rings. The van der Waals surface area contributed by atoms with E-state index in [1.54, 1.807) is 11.9 Å². The summed E-state index contributed by atoms with van der Waals surface area (Å²) in [4.78, 5) is 14.1. The summed E-state index contributed by atoms with van der Waals surface area (Å²) >= 11 is 0. The Kier molecular flexibility index (Phi) is 3.68. The number of benzene rings is 1. The molecule has 0 bridgehead atoms. The molecule has 1 unspecified atom stereocenters. The van der Waals surface area contributed by atoms with E-state index in [1.807, 2.05) is 13.8 Å². The van der Waals surface area contributed by atoms with E-state index in [9.17, 15) is 4.79 Å². The normalized spacial score (nSPS) is 18.3. The zero-order valence-corrected chi connectivity index (χ0v) is 11.2. The quantitative estimate of drug-likeness (QED) is 0.844. The highest BCUT2D eigenvalue weighted by Crippen LogP contribution is 2.38. The minimum Gasteiger partial charge on any atom is -0.396 e. The molecule has 4 heteroatoms. The molecule has 4 nitrogen and oxygen atoms in total. The summed E-state index contributed by atoms with van der Waals surface area (Å²) < 4.78 is 0. The fraction of sp³-hybridized carbons (Fsp3) is 0.500. The van der Waals surface area contributed by atoms with Crippen molar-refractivity contribution in [2.24, 2.45) is 0 Å². The van der Waals surface area contributed by atoms with Gasteiger partial charge in [0.15, 0.2) is 0 Å². The number of aliphatic hydroxyl groups excluding tert-OH is 1. The van der Waals surface area contributed by atoms with Gasteiger partial charge in [0.05, 0.1) is 0 Å². The van der Waals surface area contributed by atoms with Gasteiger partial charge in [-0.3, -0.25) is 4.79 Å². The zero-order valence-electron chi connectivity index (χ0n) is 11.2. The van der Waals surface area contributed by atoms with E-state index < -0.39 is 0 Å². The number of anilines is 1. The van der Waals surface area contributed by atoms with E-state index >= 15 is 0 Å². The Morgan fingerprint density at radius 1 is 1.39 bits per heavy atom. The standard InChI is InChI=1S/C14H20N2O2/c1-9-7-10(2)12-11(8-9)16(5-4-6-17)14(18)13(12)15-3/h7-8,13,15,17H,4-6H2,1-3H3. The molecule has 2 rings (SSSR count). The van der Waals surface area contributed by atoms with Gasteiger partial charge in [-0.2, -0.15) is 0 Å². The second kappa shape index (κ2) is 5.08. The van der Waals surface area contributed by atoms with Gasteiger partial charge in [-0.25, -0.2) is 0 Å². The fourth-order valence-electron chi connectivity index (χ4n) is 2.68. The van der Waals surface area contributed by atoms with Gasteiger partial charge in [-0.1, -0.05) is 6.07 Å². The fourth-order valence-corrected chi connectivity index (χ4v) is 2.68. The van der Waals surface area contributed by atoms with Crippen LogP contribution < -0.4 is 10.2 Å². The van der Waals surface area contributed by atoms with Gasteiger partial charge in [-0.05, 0) is 44.5 Å². The number of hydrogen-bond acceptors (Lipinski definition) is 3. The summed E-state index contributed by atoms with van der Waals surface area (Å²) in [6, 6.07) is 3.90. The predicted molar refractivity (Wildman–Crippen MR) is 71.8 cm³/mol. The second-order valence-corrected chi connectivity index (χ2v) is 4.80. The Hall–Kier alpha value is -1.39. The highest BCUT2D eigenvalue weighted by molar-refractivity contribution is 6.05. The highest BCUT2D eigenvalue weighted by Gasteiger charge is 2.37. The molecule has 1 atom stereocenters. The summed E-state index contributed by atoms with van der Waals surface area (Å²) in [6.07, 6.45) is 0.606. The maximum atomic E-state index is 12.3. The lowest BCUT2D eigenvalue weighted by molar-refractivity contribution is -0.119. The highest BCUT2D eigenvalue weighted by atomic mass is 16.3. The van der Waals surface area contributed by atoms with Crippen LogP contribution in [-0.4, -0.2) is 31.2 Å². The van der Waals surface area contributed by atoms with Crippen LogP contribution in [0, 0.1) is 13.8 Å². The Morgan fingerprint density at radius 3 is 2.72 bits per heavy atom. The minimum atomic E-state index is -0.251. The van der Waals surface area contributed by atoms with Crippen LogP contribution in [0.15, 0.2) is 12.1 Å². The molecule has 1 heterocycles. The molecule has 1 aromatic carbocycles. The third-order valence-electron chi connectivity index (χ3n) is 3.43. The summed E-state index contributed by atoms with van der Waals surface area (Å²) in [6.45, 7) is 4.76. The molecule has 2 N–H and O–H groups in total. The molecule has 18 heavy (non-hydrogen) atoms. The molecular weight excluding hydrogens is 228 g/mol. The largest absolute Gasteiger partial charge is 0.396 e. The number of nitrogens with one attached hydrogen (secondary N) is 1. The van der Waals surface area contributed by atoms with Crippen LogP contribution >= 0.6 is 0 Å². The lowest BCUT2D eigenvalue weighted by atomic mass is 10.00. The van der Waals surface area contributed by atoms with Gasteiger partial charge in [-0.15, -0.1) is 0 Å². The number of nitrogens with zero attached hydrogens (tertiary/aromatic N) is 1. The molecule has 1 aliphatic heterocycles. The molecule has 0 spiro atoms. The van der Waals surface area contributed by atoms with Crippen molar-refractivity contribution in [3.05, 3.63) is 28.8 Å². The maximum Gasteiger partial charge on any atom is 0.248 e. The SMILES string of the molecule is CNC1C(=O)N(CCCO)c2cc(C)cc(C)c21. The van der Waals surface area contributed by atoms with E-state index in [0.717, 1.165) is 22.4 Å². The van der Waals surface area contributed by atoms with Crippen LogP contribution in [0.4, 0.5) is 5.69 Å². The number of fused-ring (bicyclic) bond motifs is 1. The Balaban J connectivity index is 2.46. The van der Waals surface area contributed by atoms with Crippen LogP contribution in [0.1, 0.15) is 29.2 Å². The second-order valence-electron chi connectivity index (χ2n) is 4.80. The van der Waals surface area contributed by atoms with Crippen molar-refractivity contribution >= 4 is 11.6 Å². The lowest BCUT2D eigenvalue weighted by Crippen LogP contribution is -2.34. The van der Waals surface area contributed by atoms with E-state index in [1.165, 1.54) is 0 Å². The molecule has 0 saturated heterocycles. The van der Waals surface area contributed by atoms with Crippen LogP contribution in [0.2, 0.25) is 0 Å². The zero-order chi connectivity index (χ0) is 13.3. The third kappa shape index (κ3) is 2.02. The molecule has 1 amide bonds. The Morgan fingerprint density at radius 2 is 2.11 bits per heavy atom. The molecule has 0 radical (unpaired) electrons. The van der Waals surface area contributed by atoms with Crippen molar-refractivity contribution in [1.82, 2.24) is 5.32 Å². The smallest absolute Gasteiger partial charge is 0.248 e. The van der Waals surface area contributed by atoms with Crippen molar-refractivity contribution in [2.45, 2.75) is 26.3 Å². The number of likely N-dealkylation sites (N-methyl/N-ethyl adjacent to an activating group) is 1. The Labute approximate surface area is 108 Å². The number of hydrogen-bond donors (Lipinski definition) is 2. The molecule has 0 aliphatic carbocycles. The molecule has 0 saturated carbocycles. The van der Waals surface area contributed by atoms with Crippen molar-refractivity contribution in [3.8, 4) is 0 Å². The van der Waals surface area contributed by atoms with Crippen LogP contribution in [0.25, 0.3) is 0 Å². The van der Waals surface area contributed by atoms with E-state index in [2.05, 4.69) is 17.4 Å². The summed E-state index contributed by atoms with van der Waals surface area (Å²) in [5.41, 5.74) is 4.37. The number of amides is 1. The first-order valence-corrected chi connectivity index (χ1v) is 6.30. The average molecular weight is 248 g/mol. The van der Waals surface area contributed by atoms with Gasteiger partial charge in [0.2, 0.25) is 5.91 Å². The van der Waals surface area contributed by atoms with Crippen molar-refractivity contribution in [1.29, 1.82) is 0 Å². The van der Waals surface area contributed by atoms with Gasteiger partial charge >= 0.3 is 0 Å². The number of carbonyl (C=O) groups excluding carboxylic acids is 1. The average Bonchev–Trinajstić information content (AvgIpc) is 2.59. The first kappa shape index (κ1) is 13.1. The van der Waals surface area contributed by atoms with Gasteiger partial charge in [0, 0.05) is 24.4 Å². The molecule has 0 aromatic heterocycles. The Bertz CT molecular complexity index is 471. The first-order chi connectivity index (χ1) is 8.60. The van der Waals surface area contributed by atoms with Crippen LogP contribution in [0.5, 0.6) is 0 Å². The number of aliphatic hydroxyl groups is 1. The number of carbonyl (C=O) groups is 1. The van der Waals surface area contributed by atoms with Gasteiger partial charge in [0.1, 0.15) is 6.04 Å². The molecule has 1 aliphatic rings. The van der Waals surface area contributed by atoms with Gasteiger partial charge < -0.3 is 15.3 Å². The third-order valence-corrected chi connectivity index (χ3v) is 3.43. The van der Waals surface area contributed by atoms with E-state index in [4.69, 9.17) is 5.11 Å². The molecular formula is C14H20N2O2.